The van der Waals surface area contributed by atoms with Gasteiger partial charge in [-0.15, -0.1) is 24.0 Å². The quantitative estimate of drug-likeness (QED) is 0.207. The molecule has 1 aliphatic carbocycles. The van der Waals surface area contributed by atoms with E-state index >= 15 is 0 Å². The topological polar surface area (TPSA) is 42.9 Å². The van der Waals surface area contributed by atoms with Crippen LogP contribution in [0.2, 0.25) is 0 Å². The third-order valence-corrected chi connectivity index (χ3v) is 6.91. The van der Waals surface area contributed by atoms with Gasteiger partial charge in [0.05, 0.1) is 0 Å². The van der Waals surface area contributed by atoms with Crippen LogP contribution in [0, 0.1) is 0 Å². The van der Waals surface area contributed by atoms with Crippen molar-refractivity contribution in [2.45, 2.75) is 96.1 Å². The Balaban J connectivity index is 0.00000300. The van der Waals surface area contributed by atoms with E-state index in [1.807, 2.05) is 0 Å². The van der Waals surface area contributed by atoms with Gasteiger partial charge in [0.2, 0.25) is 0 Å². The molecule has 0 radical (unpaired) electrons. The number of piperidine rings is 2. The fraction of sp³-hybridized carbons (Fsp3) is 0.957. The number of nitrogens with zero attached hydrogens (tertiary/aromatic N) is 3. The molecule has 29 heavy (non-hydrogen) atoms. The molecule has 0 bridgehead atoms. The summed E-state index contributed by atoms with van der Waals surface area (Å²) in [5.41, 5.74) is 0. The van der Waals surface area contributed by atoms with Crippen molar-refractivity contribution in [2.24, 2.45) is 4.99 Å². The van der Waals surface area contributed by atoms with Crippen LogP contribution >= 0.6 is 24.0 Å². The maximum atomic E-state index is 4.86. The molecule has 2 aliphatic heterocycles. The molecule has 3 fully saturated rings. The Morgan fingerprint density at radius 1 is 0.862 bits per heavy atom. The molecule has 3 rings (SSSR count). The standard InChI is InChI=1S/C23H45N5.HI/c1-2-24-23(25-15-7-3-8-16-27-17-9-4-10-18-27)26-21-13-19-28(20-14-21)22-11-5-6-12-22;/h21-22H,2-20H2,1H3,(H2,24,25,26);1H. The van der Waals surface area contributed by atoms with Gasteiger partial charge < -0.3 is 20.4 Å². The van der Waals surface area contributed by atoms with Crippen molar-refractivity contribution < 1.29 is 0 Å². The van der Waals surface area contributed by atoms with E-state index in [4.69, 9.17) is 4.99 Å². The van der Waals surface area contributed by atoms with E-state index in [0.717, 1.165) is 25.1 Å². The first-order chi connectivity index (χ1) is 13.8. The lowest BCUT2D eigenvalue weighted by atomic mass is 10.0. The molecule has 0 atom stereocenters. The first-order valence-corrected chi connectivity index (χ1v) is 12.4. The Labute approximate surface area is 196 Å². The first kappa shape index (κ1) is 25.2. The second kappa shape index (κ2) is 14.8. The van der Waals surface area contributed by atoms with E-state index in [9.17, 15) is 0 Å². The van der Waals surface area contributed by atoms with Gasteiger partial charge in [-0.2, -0.15) is 0 Å². The van der Waals surface area contributed by atoms with Crippen molar-refractivity contribution in [3.05, 3.63) is 0 Å². The van der Waals surface area contributed by atoms with Crippen LogP contribution in [0.3, 0.4) is 0 Å². The summed E-state index contributed by atoms with van der Waals surface area (Å²) in [6, 6.07) is 1.47. The van der Waals surface area contributed by atoms with Gasteiger partial charge in [0.15, 0.2) is 5.96 Å². The lowest BCUT2D eigenvalue weighted by molar-refractivity contribution is 0.150. The number of nitrogens with one attached hydrogen (secondary N) is 2. The average molecular weight is 520 g/mol. The summed E-state index contributed by atoms with van der Waals surface area (Å²) in [4.78, 5) is 10.3. The molecule has 2 N–H and O–H groups in total. The third-order valence-electron chi connectivity index (χ3n) is 6.91. The molecular weight excluding hydrogens is 473 g/mol. The maximum absolute atomic E-state index is 4.86. The van der Waals surface area contributed by atoms with Crippen molar-refractivity contribution in [1.29, 1.82) is 0 Å². The Morgan fingerprint density at radius 3 is 2.28 bits per heavy atom. The second-order valence-electron chi connectivity index (χ2n) is 9.12. The van der Waals surface area contributed by atoms with Gasteiger partial charge in [-0.1, -0.05) is 25.7 Å². The van der Waals surface area contributed by atoms with Gasteiger partial charge in [0.1, 0.15) is 0 Å². The van der Waals surface area contributed by atoms with Crippen molar-refractivity contribution in [3.63, 3.8) is 0 Å². The van der Waals surface area contributed by atoms with Crippen LogP contribution in [0.4, 0.5) is 0 Å². The number of guanidine groups is 1. The smallest absolute Gasteiger partial charge is 0.191 e. The van der Waals surface area contributed by atoms with Crippen LogP contribution in [0.1, 0.15) is 84.0 Å². The average Bonchev–Trinajstić information content (AvgIpc) is 3.27. The number of halogens is 1. The van der Waals surface area contributed by atoms with Crippen molar-refractivity contribution in [3.8, 4) is 0 Å². The summed E-state index contributed by atoms with van der Waals surface area (Å²) < 4.78 is 0. The van der Waals surface area contributed by atoms with E-state index in [2.05, 4.69) is 27.4 Å². The van der Waals surface area contributed by atoms with Crippen LogP contribution in [-0.4, -0.2) is 73.7 Å². The number of aliphatic imine (C=N–C) groups is 1. The lowest BCUT2D eigenvalue weighted by Crippen LogP contribution is -2.50. The Bertz CT molecular complexity index is 439. The van der Waals surface area contributed by atoms with E-state index in [1.165, 1.54) is 110 Å². The molecule has 6 heteroatoms. The van der Waals surface area contributed by atoms with Crippen molar-refractivity contribution >= 4 is 29.9 Å². The van der Waals surface area contributed by atoms with Gasteiger partial charge in [0.25, 0.3) is 0 Å². The van der Waals surface area contributed by atoms with Gasteiger partial charge in [-0.25, -0.2) is 0 Å². The summed E-state index contributed by atoms with van der Waals surface area (Å²) in [7, 11) is 0. The fourth-order valence-corrected chi connectivity index (χ4v) is 5.19. The Morgan fingerprint density at radius 2 is 1.59 bits per heavy atom. The van der Waals surface area contributed by atoms with E-state index < -0.39 is 0 Å². The monoisotopic (exact) mass is 519 g/mol. The molecule has 0 amide bonds. The number of rotatable bonds is 9. The molecule has 3 aliphatic rings. The van der Waals surface area contributed by atoms with Gasteiger partial charge in [0, 0.05) is 38.3 Å². The first-order valence-electron chi connectivity index (χ1n) is 12.4. The maximum Gasteiger partial charge on any atom is 0.191 e. The summed E-state index contributed by atoms with van der Waals surface area (Å²) in [5, 5.41) is 7.17. The van der Waals surface area contributed by atoms with E-state index in [1.54, 1.807) is 0 Å². The van der Waals surface area contributed by atoms with Crippen molar-refractivity contribution in [2.75, 3.05) is 45.8 Å². The van der Waals surface area contributed by atoms with Gasteiger partial charge >= 0.3 is 0 Å². The van der Waals surface area contributed by atoms with Crippen LogP contribution in [-0.2, 0) is 0 Å². The largest absolute Gasteiger partial charge is 0.357 e. The molecule has 5 nitrogen and oxygen atoms in total. The molecule has 170 valence electrons. The molecule has 0 unspecified atom stereocenters. The Kier molecular flexibility index (Phi) is 12.9. The number of likely N-dealkylation sites (tertiary alicyclic amines) is 2. The molecule has 0 aromatic rings. The van der Waals surface area contributed by atoms with Gasteiger partial charge in [-0.05, 0) is 77.9 Å². The SMILES string of the molecule is CCNC(=NCCCCCN1CCCCC1)NC1CCN(C2CCCC2)CC1.I. The predicted molar refractivity (Wildman–Crippen MR) is 136 cm³/mol. The zero-order valence-corrected chi connectivity index (χ0v) is 21.2. The molecule has 2 saturated heterocycles. The predicted octanol–water partition coefficient (Wildman–Crippen LogP) is 4.22. The highest BCUT2D eigenvalue weighted by Crippen LogP contribution is 2.26. The second-order valence-corrected chi connectivity index (χ2v) is 9.12. The van der Waals surface area contributed by atoms with Crippen molar-refractivity contribution in [1.82, 2.24) is 20.4 Å². The molecule has 0 aromatic carbocycles. The minimum absolute atomic E-state index is 0. The van der Waals surface area contributed by atoms with Crippen LogP contribution in [0.15, 0.2) is 4.99 Å². The Hall–Kier alpha value is -0.0800. The summed E-state index contributed by atoms with van der Waals surface area (Å²) in [5.74, 6) is 1.04. The number of unbranched alkanes of at least 4 members (excludes halogenated alkanes) is 2. The molecular formula is C23H46IN5. The zero-order chi connectivity index (χ0) is 19.4. The lowest BCUT2D eigenvalue weighted by Gasteiger charge is -2.36. The molecule has 0 spiro atoms. The fourth-order valence-electron chi connectivity index (χ4n) is 5.19. The summed E-state index contributed by atoms with van der Waals surface area (Å²) >= 11 is 0. The van der Waals surface area contributed by atoms with Gasteiger partial charge in [-0.3, -0.25) is 4.99 Å². The molecule has 0 aromatic heterocycles. The highest BCUT2D eigenvalue weighted by molar-refractivity contribution is 14.0. The van der Waals surface area contributed by atoms with E-state index in [0.29, 0.717) is 6.04 Å². The highest BCUT2D eigenvalue weighted by atomic mass is 127. The third kappa shape index (κ3) is 9.30. The minimum atomic E-state index is 0. The normalized spacial score (nSPS) is 23.1. The zero-order valence-electron chi connectivity index (χ0n) is 18.8. The minimum Gasteiger partial charge on any atom is -0.357 e. The highest BCUT2D eigenvalue weighted by Gasteiger charge is 2.27. The summed E-state index contributed by atoms with van der Waals surface area (Å²) in [6.45, 7) is 10.5. The van der Waals surface area contributed by atoms with E-state index in [-0.39, 0.29) is 24.0 Å². The van der Waals surface area contributed by atoms with Crippen LogP contribution in [0.5, 0.6) is 0 Å². The number of hydrogen-bond acceptors (Lipinski definition) is 3. The van der Waals surface area contributed by atoms with Crippen LogP contribution < -0.4 is 10.6 Å². The van der Waals surface area contributed by atoms with Crippen LogP contribution in [0.25, 0.3) is 0 Å². The summed E-state index contributed by atoms with van der Waals surface area (Å²) in [6.07, 6.45) is 16.4. The molecule has 1 saturated carbocycles. The number of hydrogen-bond donors (Lipinski definition) is 2. The molecule has 2 heterocycles.